The minimum absolute atomic E-state index is 0.00298. The van der Waals surface area contributed by atoms with Crippen molar-refractivity contribution in [1.29, 1.82) is 0 Å². The van der Waals surface area contributed by atoms with E-state index >= 15 is 0 Å². The van der Waals surface area contributed by atoms with Crippen LogP contribution in [0.1, 0.15) is 51.0 Å². The zero-order valence-electron chi connectivity index (χ0n) is 15.2. The van der Waals surface area contributed by atoms with Crippen LogP contribution in [0.3, 0.4) is 0 Å². The summed E-state index contributed by atoms with van der Waals surface area (Å²) in [5, 5.41) is 0.560. The molecule has 0 bridgehead atoms. The Morgan fingerprint density at radius 1 is 1.19 bits per heavy atom. The van der Waals surface area contributed by atoms with Gasteiger partial charge in [0.2, 0.25) is 15.9 Å². The minimum Gasteiger partial charge on any atom is -0.342 e. The fraction of sp³-hybridized carbons (Fsp3) is 0.526. The largest absolute Gasteiger partial charge is 0.342 e. The van der Waals surface area contributed by atoms with Crippen LogP contribution in [-0.2, 0) is 14.8 Å². The molecule has 5 nitrogen and oxygen atoms in total. The molecule has 26 heavy (non-hydrogen) atoms. The number of halogens is 1. The van der Waals surface area contributed by atoms with E-state index in [1.165, 1.54) is 0 Å². The van der Waals surface area contributed by atoms with Crippen LogP contribution in [0.2, 0.25) is 5.02 Å². The number of sulfonamides is 1. The molecule has 1 amide bonds. The second-order valence-corrected chi connectivity index (χ2v) is 9.22. The molecule has 142 valence electrons. The van der Waals surface area contributed by atoms with E-state index in [2.05, 4.69) is 4.72 Å². The van der Waals surface area contributed by atoms with Gasteiger partial charge in [-0.2, -0.15) is 0 Å². The van der Waals surface area contributed by atoms with Gasteiger partial charge in [0.1, 0.15) is 0 Å². The summed E-state index contributed by atoms with van der Waals surface area (Å²) in [6.45, 7) is 2.13. The molecule has 0 aromatic heterocycles. The van der Waals surface area contributed by atoms with E-state index in [0.29, 0.717) is 28.5 Å². The SMILES string of the molecule is CCC(=O)N(C)CC1=C(c2ccc(Cl)cc2)S(=O)(=O)NC12CCCCC2. The van der Waals surface area contributed by atoms with E-state index in [9.17, 15) is 13.2 Å². The van der Waals surface area contributed by atoms with Crippen molar-refractivity contribution < 1.29 is 13.2 Å². The van der Waals surface area contributed by atoms with Crippen LogP contribution in [0.4, 0.5) is 0 Å². The molecule has 1 fully saturated rings. The van der Waals surface area contributed by atoms with E-state index < -0.39 is 15.6 Å². The monoisotopic (exact) mass is 396 g/mol. The molecule has 0 atom stereocenters. The summed E-state index contributed by atoms with van der Waals surface area (Å²) in [6.07, 6.45) is 5.00. The summed E-state index contributed by atoms with van der Waals surface area (Å²) in [5.74, 6) is 0.00298. The standard InChI is InChI=1S/C19H25ClN2O3S/c1-3-17(23)22(2)13-16-18(14-7-9-15(20)10-8-14)26(24,25)21-19(16)11-5-4-6-12-19/h7-10,21H,3-6,11-13H2,1-2H3. The summed E-state index contributed by atoms with van der Waals surface area (Å²) in [7, 11) is -1.90. The third-order valence-corrected chi connectivity index (χ3v) is 7.32. The highest BCUT2D eigenvalue weighted by molar-refractivity contribution is 7.99. The molecule has 0 unspecified atom stereocenters. The van der Waals surface area contributed by atoms with Gasteiger partial charge in [0.05, 0.1) is 10.4 Å². The van der Waals surface area contributed by atoms with E-state index in [0.717, 1.165) is 37.7 Å². The maximum atomic E-state index is 13.0. The highest BCUT2D eigenvalue weighted by atomic mass is 35.5. The van der Waals surface area contributed by atoms with E-state index in [1.54, 1.807) is 36.2 Å². The first kappa shape index (κ1) is 19.4. The van der Waals surface area contributed by atoms with Crippen LogP contribution in [0.5, 0.6) is 0 Å². The van der Waals surface area contributed by atoms with Crippen molar-refractivity contribution in [3.8, 4) is 0 Å². The van der Waals surface area contributed by atoms with E-state index in [4.69, 9.17) is 11.6 Å². The Morgan fingerprint density at radius 2 is 1.81 bits per heavy atom. The van der Waals surface area contributed by atoms with Gasteiger partial charge >= 0.3 is 0 Å². The first-order chi connectivity index (χ1) is 12.3. The van der Waals surface area contributed by atoms with Gasteiger partial charge in [0.15, 0.2) is 0 Å². The Morgan fingerprint density at radius 3 is 2.38 bits per heavy atom. The molecule has 2 aliphatic rings. The maximum Gasteiger partial charge on any atom is 0.242 e. The molecular weight excluding hydrogens is 372 g/mol. The molecule has 1 saturated carbocycles. The van der Waals surface area contributed by atoms with Crippen LogP contribution < -0.4 is 4.72 Å². The number of likely N-dealkylation sites (N-methyl/N-ethyl adjacent to an activating group) is 1. The molecule has 7 heteroatoms. The number of hydrogen-bond acceptors (Lipinski definition) is 3. The molecule has 1 heterocycles. The lowest BCUT2D eigenvalue weighted by Gasteiger charge is -2.36. The van der Waals surface area contributed by atoms with Crippen molar-refractivity contribution in [1.82, 2.24) is 9.62 Å². The van der Waals surface area contributed by atoms with Crippen molar-refractivity contribution in [3.05, 3.63) is 40.4 Å². The summed E-state index contributed by atoms with van der Waals surface area (Å²) < 4.78 is 29.0. The topological polar surface area (TPSA) is 66.5 Å². The highest BCUT2D eigenvalue weighted by Gasteiger charge is 2.49. The average molecular weight is 397 g/mol. The zero-order chi connectivity index (χ0) is 18.9. The molecular formula is C19H25ClN2O3S. The molecule has 1 spiro atoms. The Labute approximate surface area is 160 Å². The molecule has 0 saturated heterocycles. The van der Waals surface area contributed by atoms with Crippen molar-refractivity contribution in [3.63, 3.8) is 0 Å². The Bertz CT molecular complexity index is 825. The zero-order valence-corrected chi connectivity index (χ0v) is 16.8. The van der Waals surface area contributed by atoms with Gasteiger partial charge in [-0.3, -0.25) is 4.79 Å². The number of nitrogens with one attached hydrogen (secondary N) is 1. The molecule has 1 aliphatic carbocycles. The number of benzene rings is 1. The second-order valence-electron chi connectivity index (χ2n) is 7.17. The quantitative estimate of drug-likeness (QED) is 0.846. The van der Waals surface area contributed by atoms with Gasteiger partial charge in [-0.25, -0.2) is 13.1 Å². The third-order valence-electron chi connectivity index (χ3n) is 5.39. The van der Waals surface area contributed by atoms with Crippen LogP contribution in [-0.4, -0.2) is 38.4 Å². The summed E-state index contributed by atoms with van der Waals surface area (Å²) in [6, 6.07) is 6.87. The first-order valence-corrected chi connectivity index (χ1v) is 10.9. The lowest BCUT2D eigenvalue weighted by atomic mass is 9.76. The highest BCUT2D eigenvalue weighted by Crippen LogP contribution is 2.45. The molecule has 1 N–H and O–H groups in total. The third kappa shape index (κ3) is 3.55. The predicted octanol–water partition coefficient (Wildman–Crippen LogP) is 3.56. The van der Waals surface area contributed by atoms with Gasteiger partial charge in [0, 0.05) is 25.0 Å². The molecule has 0 radical (unpaired) electrons. The molecule has 3 rings (SSSR count). The van der Waals surface area contributed by atoms with Crippen molar-refractivity contribution >= 4 is 32.4 Å². The van der Waals surface area contributed by atoms with Gasteiger partial charge in [-0.1, -0.05) is 49.9 Å². The van der Waals surface area contributed by atoms with Gasteiger partial charge in [-0.15, -0.1) is 0 Å². The molecule has 1 aromatic carbocycles. The average Bonchev–Trinajstić information content (AvgIpc) is 2.82. The van der Waals surface area contributed by atoms with Crippen LogP contribution in [0.25, 0.3) is 4.91 Å². The van der Waals surface area contributed by atoms with Crippen LogP contribution in [0.15, 0.2) is 29.8 Å². The summed E-state index contributed by atoms with van der Waals surface area (Å²) in [4.78, 5) is 14.1. The number of carbonyl (C=O) groups excluding carboxylic acids is 1. The number of carbonyl (C=O) groups is 1. The lowest BCUT2D eigenvalue weighted by molar-refractivity contribution is -0.129. The minimum atomic E-state index is -3.64. The Hall–Kier alpha value is -1.37. The van der Waals surface area contributed by atoms with Crippen molar-refractivity contribution in [2.24, 2.45) is 0 Å². The number of amides is 1. The van der Waals surface area contributed by atoms with Gasteiger partial charge in [-0.05, 0) is 36.1 Å². The predicted molar refractivity (Wildman–Crippen MR) is 104 cm³/mol. The normalized spacial score (nSPS) is 21.2. The Kier molecular flexibility index (Phi) is 5.47. The maximum absolute atomic E-state index is 13.0. The van der Waals surface area contributed by atoms with Crippen LogP contribution >= 0.6 is 11.6 Å². The molecule has 1 aliphatic heterocycles. The first-order valence-electron chi connectivity index (χ1n) is 9.06. The fourth-order valence-corrected chi connectivity index (χ4v) is 6.16. The summed E-state index contributed by atoms with van der Waals surface area (Å²) >= 11 is 5.98. The van der Waals surface area contributed by atoms with Gasteiger partial charge in [0.25, 0.3) is 0 Å². The number of nitrogens with zero attached hydrogens (tertiary/aromatic N) is 1. The number of rotatable bonds is 4. The molecule has 1 aromatic rings. The number of hydrogen-bond donors (Lipinski definition) is 1. The van der Waals surface area contributed by atoms with Crippen molar-refractivity contribution in [2.75, 3.05) is 13.6 Å². The van der Waals surface area contributed by atoms with E-state index in [1.807, 2.05) is 6.92 Å². The van der Waals surface area contributed by atoms with E-state index in [-0.39, 0.29) is 5.91 Å². The van der Waals surface area contributed by atoms with Gasteiger partial charge < -0.3 is 4.90 Å². The lowest BCUT2D eigenvalue weighted by Crippen LogP contribution is -2.48. The van der Waals surface area contributed by atoms with Crippen LogP contribution in [0, 0.1) is 0 Å². The second kappa shape index (κ2) is 7.33. The van der Waals surface area contributed by atoms with Crippen molar-refractivity contribution in [2.45, 2.75) is 51.0 Å². The Balaban J connectivity index is 2.15. The fourth-order valence-electron chi connectivity index (χ4n) is 4.06. The smallest absolute Gasteiger partial charge is 0.242 e. The summed E-state index contributed by atoms with van der Waals surface area (Å²) in [5.41, 5.74) is 0.856.